The zero-order valence-electron chi connectivity index (χ0n) is 20.8. The van der Waals surface area contributed by atoms with Crippen LogP contribution in [0.2, 0.25) is 0 Å². The van der Waals surface area contributed by atoms with Gasteiger partial charge in [0.1, 0.15) is 0 Å². The van der Waals surface area contributed by atoms with Crippen molar-refractivity contribution in [2.75, 3.05) is 18.0 Å². The van der Waals surface area contributed by atoms with E-state index in [1.54, 1.807) is 0 Å². The van der Waals surface area contributed by atoms with Gasteiger partial charge in [-0.3, -0.25) is 9.59 Å². The van der Waals surface area contributed by atoms with Crippen molar-refractivity contribution in [3.8, 4) is 0 Å². The van der Waals surface area contributed by atoms with Crippen LogP contribution < -0.4 is 15.8 Å². The molecule has 35 heavy (non-hydrogen) atoms. The number of unbranched alkanes of at least 4 members (excludes halogenated alkanes) is 2. The smallest absolute Gasteiger partial charge is 0.197 e. The van der Waals surface area contributed by atoms with Crippen LogP contribution in [0.5, 0.6) is 0 Å². The zero-order valence-corrected chi connectivity index (χ0v) is 20.8. The molecule has 0 aliphatic heterocycles. The highest BCUT2D eigenvalue weighted by atomic mass is 16.1. The number of hydrogen-bond acceptors (Lipinski definition) is 3. The minimum absolute atomic E-state index is 0.00770. The third-order valence-electron chi connectivity index (χ3n) is 7.10. The third kappa shape index (κ3) is 4.09. The van der Waals surface area contributed by atoms with Crippen molar-refractivity contribution < 1.29 is 0 Å². The minimum atomic E-state index is -0.0138. The molecule has 3 aromatic carbocycles. The summed E-state index contributed by atoms with van der Waals surface area (Å²) in [6.45, 7) is 8.41. The molecular weight excluding hydrogens is 434 g/mol. The lowest BCUT2D eigenvalue weighted by Gasteiger charge is -2.26. The van der Waals surface area contributed by atoms with E-state index >= 15 is 0 Å². The second-order valence-corrected chi connectivity index (χ2v) is 9.48. The number of pyridine rings is 2. The van der Waals surface area contributed by atoms with Crippen LogP contribution in [0.25, 0.3) is 43.6 Å². The topological polar surface area (TPSA) is 69.0 Å². The quantitative estimate of drug-likeness (QED) is 0.251. The van der Waals surface area contributed by atoms with E-state index in [1.807, 2.05) is 42.5 Å². The first-order valence-corrected chi connectivity index (χ1v) is 12.9. The van der Waals surface area contributed by atoms with Gasteiger partial charge in [-0.2, -0.15) is 0 Å². The van der Waals surface area contributed by atoms with Gasteiger partial charge in [-0.25, -0.2) is 0 Å². The molecule has 2 N–H and O–H groups in total. The molecule has 0 fully saturated rings. The molecule has 0 spiro atoms. The summed E-state index contributed by atoms with van der Waals surface area (Å²) in [4.78, 5) is 36.4. The van der Waals surface area contributed by atoms with Crippen LogP contribution in [0.1, 0.15) is 52.0 Å². The number of aromatic amines is 2. The molecule has 0 atom stereocenters. The van der Waals surface area contributed by atoms with Crippen molar-refractivity contribution in [1.29, 1.82) is 0 Å². The van der Waals surface area contributed by atoms with Crippen molar-refractivity contribution in [3.05, 3.63) is 74.5 Å². The Balaban J connectivity index is 1.77. The number of anilines is 1. The molecule has 2 aromatic heterocycles. The predicted octanol–water partition coefficient (Wildman–Crippen LogP) is 6.65. The van der Waals surface area contributed by atoms with Gasteiger partial charge in [0, 0.05) is 34.6 Å². The van der Waals surface area contributed by atoms with Gasteiger partial charge in [-0.05, 0) is 61.2 Å². The molecule has 2 heterocycles. The SMILES string of the molecule is CCCCN(CCCC)c1cccc2c(=O)c3cc4[nH]c5cc(CC)ccc5c(=O)c4cc3[nH]c12. The number of nitrogens with zero attached hydrogens (tertiary/aromatic N) is 1. The first-order chi connectivity index (χ1) is 17.0. The molecule has 5 aromatic rings. The molecule has 5 rings (SSSR count). The summed E-state index contributed by atoms with van der Waals surface area (Å²) >= 11 is 0. The van der Waals surface area contributed by atoms with E-state index in [0.717, 1.165) is 61.9 Å². The van der Waals surface area contributed by atoms with E-state index in [-0.39, 0.29) is 10.9 Å². The Kier molecular flexibility index (Phi) is 6.33. The second-order valence-electron chi connectivity index (χ2n) is 9.48. The van der Waals surface area contributed by atoms with Crippen LogP contribution in [0, 0.1) is 0 Å². The van der Waals surface area contributed by atoms with Crippen molar-refractivity contribution in [2.45, 2.75) is 52.9 Å². The largest absolute Gasteiger partial charge is 0.370 e. The summed E-state index contributed by atoms with van der Waals surface area (Å²) in [5.74, 6) is 0. The minimum Gasteiger partial charge on any atom is -0.370 e. The van der Waals surface area contributed by atoms with Crippen LogP contribution >= 0.6 is 0 Å². The number of fused-ring (bicyclic) bond motifs is 4. The number of hydrogen-bond donors (Lipinski definition) is 2. The van der Waals surface area contributed by atoms with Gasteiger partial charge in [0.15, 0.2) is 10.9 Å². The summed E-state index contributed by atoms with van der Waals surface area (Å²) in [7, 11) is 0. The highest BCUT2D eigenvalue weighted by Gasteiger charge is 2.15. The molecule has 5 heteroatoms. The number of para-hydroxylation sites is 1. The Hall–Kier alpha value is -3.60. The number of benzene rings is 3. The fourth-order valence-corrected chi connectivity index (χ4v) is 5.04. The van der Waals surface area contributed by atoms with E-state index in [9.17, 15) is 9.59 Å². The summed E-state index contributed by atoms with van der Waals surface area (Å²) < 4.78 is 0. The third-order valence-corrected chi connectivity index (χ3v) is 7.10. The molecule has 0 aliphatic carbocycles. The summed E-state index contributed by atoms with van der Waals surface area (Å²) in [6, 6.07) is 15.6. The standard InChI is InChI=1S/C30H33N3O2/c1-4-7-14-33(15-8-5-2)27-11-9-10-21-28(27)32-26-18-22-25(17-23(26)30(21)35)31-24-16-19(6-3)12-13-20(24)29(22)34/h9-13,16-18H,4-8,14-15H2,1-3H3,(H,31,34)(H,32,35). The Morgan fingerprint density at radius 3 is 1.97 bits per heavy atom. The zero-order chi connectivity index (χ0) is 24.5. The maximum absolute atomic E-state index is 13.7. The van der Waals surface area contributed by atoms with Gasteiger partial charge < -0.3 is 14.9 Å². The van der Waals surface area contributed by atoms with Crippen molar-refractivity contribution in [1.82, 2.24) is 9.97 Å². The van der Waals surface area contributed by atoms with Gasteiger partial charge in [-0.1, -0.05) is 45.7 Å². The number of rotatable bonds is 8. The average molecular weight is 468 g/mol. The fourth-order valence-electron chi connectivity index (χ4n) is 5.04. The lowest BCUT2D eigenvalue weighted by molar-refractivity contribution is 0.679. The molecule has 0 aliphatic rings. The van der Waals surface area contributed by atoms with E-state index in [4.69, 9.17) is 0 Å². The van der Waals surface area contributed by atoms with Crippen LogP contribution in [0.4, 0.5) is 5.69 Å². The van der Waals surface area contributed by atoms with Gasteiger partial charge in [0.2, 0.25) is 0 Å². The lowest BCUT2D eigenvalue weighted by Crippen LogP contribution is -2.26. The van der Waals surface area contributed by atoms with Crippen molar-refractivity contribution in [3.63, 3.8) is 0 Å². The molecule has 180 valence electrons. The van der Waals surface area contributed by atoms with E-state index in [1.165, 1.54) is 5.56 Å². The fraction of sp³-hybridized carbons (Fsp3) is 0.333. The van der Waals surface area contributed by atoms with E-state index in [2.05, 4.69) is 41.7 Å². The Bertz CT molecular complexity index is 1650. The number of aryl methyl sites for hydroxylation is 1. The average Bonchev–Trinajstić information content (AvgIpc) is 2.88. The number of aromatic nitrogens is 2. The molecule has 0 saturated carbocycles. The van der Waals surface area contributed by atoms with Crippen LogP contribution in [0.3, 0.4) is 0 Å². The molecule has 0 radical (unpaired) electrons. The monoisotopic (exact) mass is 467 g/mol. The van der Waals surface area contributed by atoms with Crippen molar-refractivity contribution in [2.24, 2.45) is 0 Å². The molecular formula is C30H33N3O2. The number of nitrogens with one attached hydrogen (secondary N) is 2. The second kappa shape index (κ2) is 9.57. The first kappa shape index (κ1) is 23.2. The lowest BCUT2D eigenvalue weighted by atomic mass is 10.0. The van der Waals surface area contributed by atoms with Gasteiger partial charge >= 0.3 is 0 Å². The van der Waals surface area contributed by atoms with Crippen molar-refractivity contribution >= 4 is 49.3 Å². The van der Waals surface area contributed by atoms with Gasteiger partial charge in [-0.15, -0.1) is 0 Å². The highest BCUT2D eigenvalue weighted by Crippen LogP contribution is 2.28. The van der Waals surface area contributed by atoms with Gasteiger partial charge in [0.25, 0.3) is 0 Å². The van der Waals surface area contributed by atoms with Gasteiger partial charge in [0.05, 0.1) is 27.8 Å². The molecule has 0 saturated heterocycles. The molecule has 5 nitrogen and oxygen atoms in total. The first-order valence-electron chi connectivity index (χ1n) is 12.9. The summed E-state index contributed by atoms with van der Waals surface area (Å²) in [6.07, 6.45) is 5.34. The summed E-state index contributed by atoms with van der Waals surface area (Å²) in [5, 5.41) is 2.54. The maximum atomic E-state index is 13.7. The Labute approximate surface area is 204 Å². The predicted molar refractivity (Wildman–Crippen MR) is 149 cm³/mol. The summed E-state index contributed by atoms with van der Waals surface area (Å²) in [5.41, 5.74) is 5.25. The normalized spacial score (nSPS) is 11.7. The van der Waals surface area contributed by atoms with Crippen LogP contribution in [-0.2, 0) is 6.42 Å². The van der Waals surface area contributed by atoms with Crippen LogP contribution in [0.15, 0.2) is 58.1 Å². The number of H-pyrrole nitrogens is 2. The highest BCUT2D eigenvalue weighted by molar-refractivity contribution is 6.04. The molecule has 0 unspecified atom stereocenters. The van der Waals surface area contributed by atoms with E-state index in [0.29, 0.717) is 32.6 Å². The Morgan fingerprint density at radius 2 is 1.31 bits per heavy atom. The molecule has 0 amide bonds. The van der Waals surface area contributed by atoms with E-state index < -0.39 is 0 Å². The Morgan fingerprint density at radius 1 is 0.686 bits per heavy atom. The van der Waals surface area contributed by atoms with Crippen LogP contribution in [-0.4, -0.2) is 23.1 Å². The molecule has 0 bridgehead atoms. The maximum Gasteiger partial charge on any atom is 0.197 e.